The van der Waals surface area contributed by atoms with Crippen LogP contribution in [0.5, 0.6) is 11.5 Å². The van der Waals surface area contributed by atoms with Crippen LogP contribution in [0.3, 0.4) is 0 Å². The van der Waals surface area contributed by atoms with Crippen LogP contribution >= 0.6 is 22.9 Å². The maximum absolute atomic E-state index is 5.88. The number of hydrogen-bond acceptors (Lipinski definition) is 6. The number of alkyl halides is 1. The van der Waals surface area contributed by atoms with E-state index in [2.05, 4.69) is 33.8 Å². The smallest absolute Gasteiger partial charge is 0.231 e. The molecule has 0 aliphatic carbocycles. The number of anilines is 1. The fraction of sp³-hybridized carbons (Fsp3) is 0.471. The lowest BCUT2D eigenvalue weighted by molar-refractivity contribution is 0.173. The molecule has 2 aliphatic rings. The maximum atomic E-state index is 5.88. The molecule has 0 amide bonds. The molecule has 3 heterocycles. The van der Waals surface area contributed by atoms with Gasteiger partial charge in [0.05, 0.1) is 5.88 Å². The summed E-state index contributed by atoms with van der Waals surface area (Å²) in [6.45, 7) is 6.59. The molecule has 7 heteroatoms. The van der Waals surface area contributed by atoms with Gasteiger partial charge in [0.2, 0.25) is 6.79 Å². The van der Waals surface area contributed by atoms with E-state index in [1.807, 2.05) is 12.3 Å². The highest BCUT2D eigenvalue weighted by Crippen LogP contribution is 2.35. The third-order valence-corrected chi connectivity index (χ3v) is 6.19. The summed E-state index contributed by atoms with van der Waals surface area (Å²) in [7, 11) is 0. The third kappa shape index (κ3) is 3.06. The van der Waals surface area contributed by atoms with Crippen molar-refractivity contribution < 1.29 is 9.47 Å². The molecule has 1 fully saturated rings. The molecule has 2 aromatic rings. The molecule has 1 saturated heterocycles. The van der Waals surface area contributed by atoms with Crippen LogP contribution in [-0.2, 0) is 5.88 Å². The quantitative estimate of drug-likeness (QED) is 0.775. The second-order valence-corrected chi connectivity index (χ2v) is 7.42. The Morgan fingerprint density at radius 1 is 1.21 bits per heavy atom. The molecule has 4 rings (SSSR count). The Kier molecular flexibility index (Phi) is 4.52. The highest BCUT2D eigenvalue weighted by Gasteiger charge is 2.25. The standard InChI is InChI=1S/C17H20ClN3O2S/c1-12(13-2-3-15-16(8-13)23-11-22-15)20-4-6-21(7-5-20)17-19-10-14(9-18)24-17/h2-3,8,10,12H,4-7,9,11H2,1H3. The Morgan fingerprint density at radius 3 is 2.75 bits per heavy atom. The van der Waals surface area contributed by atoms with E-state index in [1.165, 1.54) is 5.56 Å². The molecule has 1 aromatic carbocycles. The van der Waals surface area contributed by atoms with Crippen molar-refractivity contribution in [1.82, 2.24) is 9.88 Å². The predicted octanol–water partition coefficient (Wildman–Crippen LogP) is 3.49. The number of thiazole rings is 1. The van der Waals surface area contributed by atoms with Crippen molar-refractivity contribution in [2.24, 2.45) is 0 Å². The van der Waals surface area contributed by atoms with E-state index < -0.39 is 0 Å². The largest absolute Gasteiger partial charge is 0.454 e. The van der Waals surface area contributed by atoms with Crippen molar-refractivity contribution in [2.45, 2.75) is 18.8 Å². The van der Waals surface area contributed by atoms with Crippen LogP contribution in [-0.4, -0.2) is 42.9 Å². The summed E-state index contributed by atoms with van der Waals surface area (Å²) in [5.41, 5.74) is 1.27. The zero-order chi connectivity index (χ0) is 16.5. The van der Waals surface area contributed by atoms with Crippen LogP contribution in [0.25, 0.3) is 0 Å². The third-order valence-electron chi connectivity index (χ3n) is 4.68. The maximum Gasteiger partial charge on any atom is 0.231 e. The minimum absolute atomic E-state index is 0.323. The predicted molar refractivity (Wildman–Crippen MR) is 96.4 cm³/mol. The average Bonchev–Trinajstić information content (AvgIpc) is 3.29. The Bertz CT molecular complexity index is 716. The van der Waals surface area contributed by atoms with Gasteiger partial charge >= 0.3 is 0 Å². The molecular weight excluding hydrogens is 346 g/mol. The molecule has 0 saturated carbocycles. The highest BCUT2D eigenvalue weighted by atomic mass is 35.5. The van der Waals surface area contributed by atoms with Crippen molar-refractivity contribution in [3.05, 3.63) is 34.8 Å². The fourth-order valence-corrected chi connectivity index (χ4v) is 4.23. The van der Waals surface area contributed by atoms with Crippen molar-refractivity contribution in [3.63, 3.8) is 0 Å². The summed E-state index contributed by atoms with van der Waals surface area (Å²) in [5.74, 6) is 2.24. The highest BCUT2D eigenvalue weighted by molar-refractivity contribution is 7.15. The average molecular weight is 366 g/mol. The molecule has 0 bridgehead atoms. The Morgan fingerprint density at radius 2 is 2.00 bits per heavy atom. The number of piperazine rings is 1. The minimum Gasteiger partial charge on any atom is -0.454 e. The van der Waals surface area contributed by atoms with Gasteiger partial charge in [0.15, 0.2) is 16.6 Å². The van der Waals surface area contributed by atoms with Gasteiger partial charge in [-0.25, -0.2) is 4.98 Å². The minimum atomic E-state index is 0.323. The molecule has 128 valence electrons. The van der Waals surface area contributed by atoms with Gasteiger partial charge in [0.1, 0.15) is 0 Å². The zero-order valence-electron chi connectivity index (χ0n) is 13.6. The first-order valence-electron chi connectivity index (χ1n) is 8.14. The van der Waals surface area contributed by atoms with Crippen molar-refractivity contribution in [2.75, 3.05) is 37.9 Å². The van der Waals surface area contributed by atoms with E-state index in [-0.39, 0.29) is 0 Å². The van der Waals surface area contributed by atoms with Crippen LogP contribution in [0.1, 0.15) is 23.4 Å². The van der Waals surface area contributed by atoms with Gasteiger partial charge in [-0.1, -0.05) is 6.07 Å². The molecule has 1 atom stereocenters. The van der Waals surface area contributed by atoms with Crippen LogP contribution < -0.4 is 14.4 Å². The van der Waals surface area contributed by atoms with Crippen LogP contribution in [0, 0.1) is 0 Å². The van der Waals surface area contributed by atoms with Crippen molar-refractivity contribution in [3.8, 4) is 11.5 Å². The van der Waals surface area contributed by atoms with E-state index >= 15 is 0 Å². The Labute approximate surface area is 150 Å². The first-order valence-corrected chi connectivity index (χ1v) is 9.49. The number of hydrogen-bond donors (Lipinski definition) is 0. The van der Waals surface area contributed by atoms with Gasteiger partial charge < -0.3 is 14.4 Å². The summed E-state index contributed by atoms with van der Waals surface area (Å²) in [5, 5.41) is 1.08. The number of halogens is 1. The number of ether oxygens (including phenoxy) is 2. The van der Waals surface area contributed by atoms with Gasteiger partial charge in [-0.3, -0.25) is 4.90 Å². The summed E-state index contributed by atoms with van der Waals surface area (Å²) in [6.07, 6.45) is 1.88. The van der Waals surface area contributed by atoms with Crippen LogP contribution in [0.2, 0.25) is 0 Å². The topological polar surface area (TPSA) is 37.8 Å². The van der Waals surface area contributed by atoms with E-state index in [0.29, 0.717) is 18.7 Å². The van der Waals surface area contributed by atoms with E-state index in [4.69, 9.17) is 21.1 Å². The Hall–Kier alpha value is -1.50. The number of fused-ring (bicyclic) bond motifs is 1. The molecule has 1 unspecified atom stereocenters. The van der Waals surface area contributed by atoms with Crippen LogP contribution in [0.15, 0.2) is 24.4 Å². The lowest BCUT2D eigenvalue weighted by atomic mass is 10.1. The normalized spacial score (nSPS) is 18.8. The summed E-state index contributed by atoms with van der Waals surface area (Å²) in [6, 6.07) is 6.61. The molecule has 2 aliphatic heterocycles. The lowest BCUT2D eigenvalue weighted by Gasteiger charge is -2.38. The lowest BCUT2D eigenvalue weighted by Crippen LogP contribution is -2.47. The van der Waals surface area contributed by atoms with Gasteiger partial charge in [-0.2, -0.15) is 0 Å². The molecule has 0 radical (unpaired) electrons. The molecule has 5 nitrogen and oxygen atoms in total. The zero-order valence-corrected chi connectivity index (χ0v) is 15.1. The van der Waals surface area contributed by atoms with Gasteiger partial charge in [-0.05, 0) is 24.6 Å². The molecule has 0 N–H and O–H groups in total. The van der Waals surface area contributed by atoms with E-state index in [1.54, 1.807) is 11.3 Å². The molecule has 24 heavy (non-hydrogen) atoms. The van der Waals surface area contributed by atoms with Crippen LogP contribution in [0.4, 0.5) is 5.13 Å². The van der Waals surface area contributed by atoms with Gasteiger partial charge in [0.25, 0.3) is 0 Å². The number of benzene rings is 1. The van der Waals surface area contributed by atoms with E-state index in [9.17, 15) is 0 Å². The number of aromatic nitrogens is 1. The molecule has 0 spiro atoms. The number of rotatable bonds is 4. The summed E-state index contributed by atoms with van der Waals surface area (Å²) >= 11 is 7.57. The van der Waals surface area contributed by atoms with E-state index in [0.717, 1.165) is 47.7 Å². The van der Waals surface area contributed by atoms with Crippen molar-refractivity contribution >= 4 is 28.1 Å². The van der Waals surface area contributed by atoms with Gasteiger partial charge in [0, 0.05) is 43.3 Å². The first kappa shape index (κ1) is 16.0. The Balaban J connectivity index is 1.40. The second-order valence-electron chi connectivity index (χ2n) is 6.05. The second kappa shape index (κ2) is 6.78. The summed E-state index contributed by atoms with van der Waals surface area (Å²) < 4.78 is 10.9. The number of nitrogens with zero attached hydrogens (tertiary/aromatic N) is 3. The first-order chi connectivity index (χ1) is 11.7. The van der Waals surface area contributed by atoms with Gasteiger partial charge in [-0.15, -0.1) is 22.9 Å². The monoisotopic (exact) mass is 365 g/mol. The SMILES string of the molecule is CC(c1ccc2c(c1)OCO2)N1CCN(c2ncc(CCl)s2)CC1. The summed E-state index contributed by atoms with van der Waals surface area (Å²) in [4.78, 5) is 10.5. The molecule has 1 aromatic heterocycles. The molecular formula is C17H20ClN3O2S. The van der Waals surface area contributed by atoms with Crippen molar-refractivity contribution in [1.29, 1.82) is 0 Å². The fourth-order valence-electron chi connectivity index (χ4n) is 3.19.